The number of para-hydroxylation sites is 2. The topological polar surface area (TPSA) is 75.7 Å². The van der Waals surface area contributed by atoms with Gasteiger partial charge >= 0.3 is 0 Å². The second-order valence-electron chi connectivity index (χ2n) is 8.58. The van der Waals surface area contributed by atoms with Crippen LogP contribution in [-0.2, 0) is 0 Å². The van der Waals surface area contributed by atoms with Crippen LogP contribution in [0.5, 0.6) is 0 Å². The fourth-order valence-corrected chi connectivity index (χ4v) is 5.32. The first-order valence-corrected chi connectivity index (χ1v) is 10.5. The Morgan fingerprint density at radius 3 is 2.70 bits per heavy atom. The van der Waals surface area contributed by atoms with Crippen LogP contribution in [0.2, 0.25) is 0 Å². The molecule has 2 fully saturated rings. The predicted molar refractivity (Wildman–Crippen MR) is 112 cm³/mol. The lowest BCUT2D eigenvalue weighted by molar-refractivity contribution is 0.0374. The van der Waals surface area contributed by atoms with Gasteiger partial charge in [-0.1, -0.05) is 18.2 Å². The lowest BCUT2D eigenvalue weighted by atomic mass is 9.77. The molecule has 1 saturated carbocycles. The Balaban J connectivity index is 1.23. The standard InChI is InChI=1S/C23H23N5O2/c29-22-10-16-13-26(23(30)19-11-17-5-3-4-8-28(17)25-19)12-15(16)9-21(22)27-14-24-18-6-1-2-7-20(18)27/h1-8,11,14-16,21-22,29H,9-10,12-13H2/t15-,16+,21-,22-/m1/s1. The SMILES string of the molecule is O=C(c1cc2ccccn2n1)N1C[C@H]2C[C@@H](n3cnc4ccccc43)[C@H](O)C[C@H]2C1. The number of carbonyl (C=O) groups excluding carboxylic acids is 1. The lowest BCUT2D eigenvalue weighted by Gasteiger charge is -2.36. The number of aliphatic hydroxyl groups excluding tert-OH is 1. The fourth-order valence-electron chi connectivity index (χ4n) is 5.32. The van der Waals surface area contributed by atoms with E-state index in [1.165, 1.54) is 0 Å². The molecule has 1 aliphatic carbocycles. The third-order valence-electron chi connectivity index (χ3n) is 6.82. The van der Waals surface area contributed by atoms with Crippen molar-refractivity contribution in [3.63, 3.8) is 0 Å². The summed E-state index contributed by atoms with van der Waals surface area (Å²) < 4.78 is 3.85. The minimum atomic E-state index is -0.436. The third-order valence-corrected chi connectivity index (χ3v) is 6.82. The molecule has 7 nitrogen and oxygen atoms in total. The first-order chi connectivity index (χ1) is 14.7. The Hall–Kier alpha value is -3.19. The first-order valence-electron chi connectivity index (χ1n) is 10.5. The molecule has 4 atom stereocenters. The molecule has 0 radical (unpaired) electrons. The molecule has 1 N–H and O–H groups in total. The monoisotopic (exact) mass is 401 g/mol. The smallest absolute Gasteiger partial charge is 0.274 e. The van der Waals surface area contributed by atoms with Crippen LogP contribution in [0.3, 0.4) is 0 Å². The fraction of sp³-hybridized carbons (Fsp3) is 0.348. The number of likely N-dealkylation sites (tertiary alicyclic amines) is 1. The molecule has 0 spiro atoms. The Morgan fingerprint density at radius 2 is 1.83 bits per heavy atom. The summed E-state index contributed by atoms with van der Waals surface area (Å²) >= 11 is 0. The molecule has 4 aromatic rings. The van der Waals surface area contributed by atoms with Crippen molar-refractivity contribution in [1.29, 1.82) is 0 Å². The number of benzene rings is 1. The number of pyridine rings is 1. The third kappa shape index (κ3) is 2.73. The second-order valence-corrected chi connectivity index (χ2v) is 8.58. The van der Waals surface area contributed by atoms with Gasteiger partial charge in [0, 0.05) is 19.3 Å². The van der Waals surface area contributed by atoms with Gasteiger partial charge in [-0.25, -0.2) is 9.50 Å². The van der Waals surface area contributed by atoms with E-state index in [0.29, 0.717) is 37.0 Å². The highest BCUT2D eigenvalue weighted by atomic mass is 16.3. The first kappa shape index (κ1) is 17.7. The second kappa shape index (κ2) is 6.67. The van der Waals surface area contributed by atoms with Crippen LogP contribution in [0.15, 0.2) is 61.1 Å². The Kier molecular flexibility index (Phi) is 3.92. The van der Waals surface area contributed by atoms with Crippen molar-refractivity contribution in [2.75, 3.05) is 13.1 Å². The van der Waals surface area contributed by atoms with Crippen molar-refractivity contribution < 1.29 is 9.90 Å². The molecule has 1 amide bonds. The number of nitrogens with zero attached hydrogens (tertiary/aromatic N) is 5. The van der Waals surface area contributed by atoms with Crippen LogP contribution >= 0.6 is 0 Å². The van der Waals surface area contributed by atoms with Crippen molar-refractivity contribution in [1.82, 2.24) is 24.1 Å². The minimum absolute atomic E-state index is 0.0103. The van der Waals surface area contributed by atoms with Crippen molar-refractivity contribution in [3.8, 4) is 0 Å². The zero-order valence-corrected chi connectivity index (χ0v) is 16.5. The summed E-state index contributed by atoms with van der Waals surface area (Å²) in [6.45, 7) is 1.40. The molecule has 4 heterocycles. The maximum absolute atomic E-state index is 13.1. The molecular weight excluding hydrogens is 378 g/mol. The minimum Gasteiger partial charge on any atom is -0.391 e. The Bertz CT molecular complexity index is 1210. The van der Waals surface area contributed by atoms with Gasteiger partial charge in [0.25, 0.3) is 5.91 Å². The van der Waals surface area contributed by atoms with E-state index in [-0.39, 0.29) is 11.9 Å². The molecule has 0 unspecified atom stereocenters. The van der Waals surface area contributed by atoms with Gasteiger partial charge in [0.15, 0.2) is 5.69 Å². The van der Waals surface area contributed by atoms with Crippen LogP contribution in [0.4, 0.5) is 0 Å². The number of hydrogen-bond acceptors (Lipinski definition) is 4. The van der Waals surface area contributed by atoms with Gasteiger partial charge in [-0.2, -0.15) is 5.10 Å². The van der Waals surface area contributed by atoms with Crippen molar-refractivity contribution >= 4 is 22.5 Å². The van der Waals surface area contributed by atoms with Gasteiger partial charge in [0.05, 0.1) is 35.0 Å². The van der Waals surface area contributed by atoms with Gasteiger partial charge in [-0.05, 0) is 55.0 Å². The van der Waals surface area contributed by atoms with Crippen molar-refractivity contribution in [2.45, 2.75) is 25.0 Å². The van der Waals surface area contributed by atoms with Gasteiger partial charge in [-0.3, -0.25) is 4.79 Å². The summed E-state index contributed by atoms with van der Waals surface area (Å²) in [5.74, 6) is 0.680. The molecule has 6 rings (SSSR count). The van der Waals surface area contributed by atoms with Crippen LogP contribution in [-0.4, -0.2) is 54.3 Å². The highest BCUT2D eigenvalue weighted by Crippen LogP contribution is 2.42. The largest absolute Gasteiger partial charge is 0.391 e. The molecule has 1 saturated heterocycles. The summed E-state index contributed by atoms with van der Waals surface area (Å²) in [4.78, 5) is 19.5. The molecular formula is C23H23N5O2. The maximum Gasteiger partial charge on any atom is 0.274 e. The highest BCUT2D eigenvalue weighted by Gasteiger charge is 2.44. The van der Waals surface area contributed by atoms with E-state index in [4.69, 9.17) is 0 Å². The molecule has 152 valence electrons. The quantitative estimate of drug-likeness (QED) is 0.560. The molecule has 7 heteroatoms. The average molecular weight is 401 g/mol. The molecule has 0 bridgehead atoms. The van der Waals surface area contributed by atoms with Crippen LogP contribution in [0, 0.1) is 11.8 Å². The molecule has 1 aromatic carbocycles. The van der Waals surface area contributed by atoms with E-state index < -0.39 is 6.10 Å². The van der Waals surface area contributed by atoms with Gasteiger partial charge in [0.2, 0.25) is 0 Å². The number of hydrogen-bond donors (Lipinski definition) is 1. The van der Waals surface area contributed by atoms with E-state index >= 15 is 0 Å². The highest BCUT2D eigenvalue weighted by molar-refractivity contribution is 5.93. The summed E-state index contributed by atoms with van der Waals surface area (Å²) in [6, 6.07) is 15.7. The molecule has 3 aromatic heterocycles. The van der Waals surface area contributed by atoms with Gasteiger partial charge < -0.3 is 14.6 Å². The van der Waals surface area contributed by atoms with Crippen molar-refractivity contribution in [3.05, 3.63) is 66.7 Å². The normalized spacial score (nSPS) is 26.4. The number of imidazole rings is 1. The Labute approximate surface area is 173 Å². The van der Waals surface area contributed by atoms with E-state index in [0.717, 1.165) is 23.0 Å². The predicted octanol–water partition coefficient (Wildman–Crippen LogP) is 2.77. The summed E-state index contributed by atoms with van der Waals surface area (Å²) in [5.41, 5.74) is 3.40. The summed E-state index contributed by atoms with van der Waals surface area (Å²) in [7, 11) is 0. The lowest BCUT2D eigenvalue weighted by Crippen LogP contribution is -2.36. The number of carbonyl (C=O) groups is 1. The number of aromatic nitrogens is 4. The summed E-state index contributed by atoms with van der Waals surface area (Å²) in [6.07, 6.45) is 4.81. The van der Waals surface area contributed by atoms with Crippen molar-refractivity contribution in [2.24, 2.45) is 11.8 Å². The van der Waals surface area contributed by atoms with E-state index in [2.05, 4.69) is 20.7 Å². The average Bonchev–Trinajstić information content (AvgIpc) is 3.48. The number of fused-ring (bicyclic) bond motifs is 3. The zero-order valence-electron chi connectivity index (χ0n) is 16.5. The van der Waals surface area contributed by atoms with Crippen LogP contribution in [0.25, 0.3) is 16.6 Å². The Morgan fingerprint density at radius 1 is 1.03 bits per heavy atom. The maximum atomic E-state index is 13.1. The number of aliphatic hydroxyl groups is 1. The summed E-state index contributed by atoms with van der Waals surface area (Å²) in [5, 5.41) is 15.4. The van der Waals surface area contributed by atoms with Gasteiger partial charge in [-0.15, -0.1) is 0 Å². The zero-order chi connectivity index (χ0) is 20.2. The van der Waals surface area contributed by atoms with E-state index in [1.807, 2.05) is 59.9 Å². The number of amides is 1. The van der Waals surface area contributed by atoms with Crippen LogP contribution in [0.1, 0.15) is 29.4 Å². The van der Waals surface area contributed by atoms with Crippen LogP contribution < -0.4 is 0 Å². The molecule has 2 aliphatic rings. The molecule has 30 heavy (non-hydrogen) atoms. The molecule has 1 aliphatic heterocycles. The van der Waals surface area contributed by atoms with E-state index in [1.54, 1.807) is 4.52 Å². The van der Waals surface area contributed by atoms with Gasteiger partial charge in [0.1, 0.15) is 0 Å². The number of rotatable bonds is 2. The van der Waals surface area contributed by atoms with E-state index in [9.17, 15) is 9.90 Å².